The lowest BCUT2D eigenvalue weighted by Crippen LogP contribution is -2.42. The molecular weight excluding hydrogens is 466 g/mol. The lowest BCUT2D eigenvalue weighted by Gasteiger charge is -2.26. The van der Waals surface area contributed by atoms with E-state index < -0.39 is 6.09 Å². The molecule has 1 saturated heterocycles. The van der Waals surface area contributed by atoms with Gasteiger partial charge in [-0.3, -0.25) is 9.59 Å². The van der Waals surface area contributed by atoms with Crippen LogP contribution in [0.3, 0.4) is 0 Å². The zero-order valence-corrected chi connectivity index (χ0v) is 20.5. The minimum absolute atomic E-state index is 0.271. The fourth-order valence-corrected chi connectivity index (χ4v) is 3.40. The fraction of sp³-hybridized carbons (Fsp3) is 0.296. The Morgan fingerprint density at radius 2 is 1.28 bits per heavy atom. The third kappa shape index (κ3) is 7.44. The highest BCUT2D eigenvalue weighted by molar-refractivity contribution is 6.10. The van der Waals surface area contributed by atoms with Crippen molar-refractivity contribution in [3.8, 4) is 23.0 Å². The van der Waals surface area contributed by atoms with Crippen LogP contribution in [0, 0.1) is 0 Å². The number of amides is 1. The molecule has 190 valence electrons. The Labute approximate surface area is 209 Å². The van der Waals surface area contributed by atoms with Crippen LogP contribution in [0.2, 0.25) is 0 Å². The maximum Gasteiger partial charge on any atom is 0.415 e. The van der Waals surface area contributed by atoms with Gasteiger partial charge >= 0.3 is 6.09 Å². The van der Waals surface area contributed by atoms with Gasteiger partial charge in [0.2, 0.25) is 0 Å². The number of hydrogen-bond acceptors (Lipinski definition) is 8. The predicted octanol–water partition coefficient (Wildman–Crippen LogP) is 3.80. The third-order valence-electron chi connectivity index (χ3n) is 5.33. The van der Waals surface area contributed by atoms with Crippen molar-refractivity contribution >= 4 is 29.8 Å². The number of nitrogens with zero attached hydrogens (tertiary/aromatic N) is 1. The van der Waals surface area contributed by atoms with Crippen molar-refractivity contribution in [2.75, 3.05) is 47.6 Å². The summed E-state index contributed by atoms with van der Waals surface area (Å²) < 4.78 is 26.5. The molecule has 0 aliphatic carbocycles. The Balaban J connectivity index is 1.56. The number of rotatable bonds is 10. The lowest BCUT2D eigenvalue weighted by atomic mass is 10.1. The topological polar surface area (TPSA) is 101 Å². The van der Waals surface area contributed by atoms with E-state index >= 15 is 0 Å². The molecule has 2 aromatic rings. The van der Waals surface area contributed by atoms with Crippen LogP contribution in [0.4, 0.5) is 4.79 Å². The maximum atomic E-state index is 12.3. The molecular formula is C27H29NO8. The molecule has 0 N–H and O–H groups in total. The van der Waals surface area contributed by atoms with E-state index in [9.17, 15) is 14.4 Å². The average molecular weight is 496 g/mol. The second-order valence-electron chi connectivity index (χ2n) is 7.77. The van der Waals surface area contributed by atoms with E-state index in [-0.39, 0.29) is 23.7 Å². The maximum absolute atomic E-state index is 12.3. The molecule has 0 bridgehead atoms. The van der Waals surface area contributed by atoms with Crippen molar-refractivity contribution in [3.63, 3.8) is 0 Å². The summed E-state index contributed by atoms with van der Waals surface area (Å²) in [6.07, 6.45) is 5.12. The highest BCUT2D eigenvalue weighted by Crippen LogP contribution is 2.30. The predicted molar refractivity (Wildman–Crippen MR) is 134 cm³/mol. The molecule has 0 aromatic heterocycles. The minimum Gasteiger partial charge on any atom is -0.493 e. The number of carbonyl (C=O) groups excluding carboxylic acids is 3. The highest BCUT2D eigenvalue weighted by atomic mass is 16.6. The number of methoxy groups -OCH3 is 3. The minimum atomic E-state index is -0.477. The van der Waals surface area contributed by atoms with Crippen molar-refractivity contribution in [2.24, 2.45) is 0 Å². The molecule has 1 aliphatic heterocycles. The standard InChI is InChI=1S/C27H29NO8/c1-32-23-10-6-19(16-25(23)33-2)4-8-21(29)18-22(30)9-5-20-7-11-24(26(17-20)34-3)36-27(31)28-12-14-35-15-13-28/h4-11,16-17H,12-15,18H2,1-3H3. The smallest absolute Gasteiger partial charge is 0.415 e. The summed E-state index contributed by atoms with van der Waals surface area (Å²) in [5.74, 6) is 1.07. The quantitative estimate of drug-likeness (QED) is 0.363. The first kappa shape index (κ1) is 26.5. The molecule has 0 unspecified atom stereocenters. The number of allylic oxidation sites excluding steroid dienone is 2. The number of ketones is 2. The van der Waals surface area contributed by atoms with Gasteiger partial charge in [0.25, 0.3) is 0 Å². The van der Waals surface area contributed by atoms with E-state index in [0.29, 0.717) is 49.1 Å². The molecule has 2 aromatic carbocycles. The first-order valence-electron chi connectivity index (χ1n) is 11.3. The molecule has 0 atom stereocenters. The van der Waals surface area contributed by atoms with Crippen molar-refractivity contribution in [2.45, 2.75) is 6.42 Å². The van der Waals surface area contributed by atoms with Crippen LogP contribution in [0.15, 0.2) is 48.6 Å². The van der Waals surface area contributed by atoms with Crippen LogP contribution in [-0.4, -0.2) is 70.2 Å². The van der Waals surface area contributed by atoms with Gasteiger partial charge in [0.1, 0.15) is 0 Å². The van der Waals surface area contributed by atoms with Crippen LogP contribution in [0.1, 0.15) is 17.5 Å². The summed E-state index contributed by atoms with van der Waals surface area (Å²) in [4.78, 5) is 38.4. The second-order valence-corrected chi connectivity index (χ2v) is 7.77. The molecule has 1 amide bonds. The molecule has 9 heteroatoms. The van der Waals surface area contributed by atoms with Crippen molar-refractivity contribution < 1.29 is 38.1 Å². The molecule has 1 fully saturated rings. The summed E-state index contributed by atoms with van der Waals surface area (Å²) in [5, 5.41) is 0. The van der Waals surface area contributed by atoms with Crippen molar-refractivity contribution in [1.82, 2.24) is 4.90 Å². The van der Waals surface area contributed by atoms with Crippen molar-refractivity contribution in [1.29, 1.82) is 0 Å². The SMILES string of the molecule is COc1ccc(C=CC(=O)CC(=O)C=Cc2ccc(OC(=O)N3CCOCC3)c(OC)c2)cc1OC. The van der Waals surface area contributed by atoms with Gasteiger partial charge in [0.05, 0.1) is 41.0 Å². The van der Waals surface area contributed by atoms with E-state index in [4.69, 9.17) is 23.7 Å². The van der Waals surface area contributed by atoms with Gasteiger partial charge in [0, 0.05) is 13.1 Å². The normalized spacial score (nSPS) is 13.6. The molecule has 3 rings (SSSR count). The van der Waals surface area contributed by atoms with E-state index in [1.807, 2.05) is 0 Å². The number of hydrogen-bond donors (Lipinski definition) is 0. The van der Waals surface area contributed by atoms with E-state index in [0.717, 1.165) is 5.56 Å². The van der Waals surface area contributed by atoms with Crippen molar-refractivity contribution in [3.05, 3.63) is 59.7 Å². The van der Waals surface area contributed by atoms with Gasteiger partial charge in [-0.1, -0.05) is 24.3 Å². The van der Waals surface area contributed by atoms with Gasteiger partial charge in [0.15, 0.2) is 34.6 Å². The van der Waals surface area contributed by atoms with E-state index in [2.05, 4.69) is 0 Å². The van der Waals surface area contributed by atoms with Crippen LogP contribution in [-0.2, 0) is 14.3 Å². The fourth-order valence-electron chi connectivity index (χ4n) is 3.40. The van der Waals surface area contributed by atoms with E-state index in [1.165, 1.54) is 26.4 Å². The van der Waals surface area contributed by atoms with E-state index in [1.54, 1.807) is 60.6 Å². The van der Waals surface area contributed by atoms with Gasteiger partial charge < -0.3 is 28.6 Å². The van der Waals surface area contributed by atoms with Crippen LogP contribution >= 0.6 is 0 Å². The number of benzene rings is 2. The Bertz CT molecular complexity index is 1150. The average Bonchev–Trinajstić information content (AvgIpc) is 2.91. The Kier molecular flexibility index (Phi) is 9.64. The van der Waals surface area contributed by atoms with Crippen LogP contribution in [0.25, 0.3) is 12.2 Å². The molecule has 0 radical (unpaired) electrons. The summed E-state index contributed by atoms with van der Waals surface area (Å²) in [6, 6.07) is 10.2. The first-order valence-corrected chi connectivity index (χ1v) is 11.3. The number of morpholine rings is 1. The molecule has 1 heterocycles. The van der Waals surface area contributed by atoms with Crippen LogP contribution in [0.5, 0.6) is 23.0 Å². The molecule has 1 aliphatic rings. The van der Waals surface area contributed by atoms with Crippen LogP contribution < -0.4 is 18.9 Å². The third-order valence-corrected chi connectivity index (χ3v) is 5.33. The van der Waals surface area contributed by atoms with Gasteiger partial charge in [-0.15, -0.1) is 0 Å². The number of carbonyl (C=O) groups is 3. The number of ether oxygens (including phenoxy) is 5. The summed E-state index contributed by atoms with van der Waals surface area (Å²) in [5.41, 5.74) is 1.39. The molecule has 36 heavy (non-hydrogen) atoms. The zero-order chi connectivity index (χ0) is 25.9. The summed E-state index contributed by atoms with van der Waals surface area (Å²) in [6.45, 7) is 1.87. The first-order chi connectivity index (χ1) is 17.4. The zero-order valence-electron chi connectivity index (χ0n) is 20.5. The Morgan fingerprint density at radius 3 is 1.81 bits per heavy atom. The van der Waals surface area contributed by atoms with Gasteiger partial charge in [-0.2, -0.15) is 0 Å². The second kappa shape index (κ2) is 13.1. The summed E-state index contributed by atoms with van der Waals surface area (Å²) >= 11 is 0. The van der Waals surface area contributed by atoms with Gasteiger partial charge in [-0.05, 0) is 47.5 Å². The lowest BCUT2D eigenvalue weighted by molar-refractivity contribution is -0.121. The molecule has 9 nitrogen and oxygen atoms in total. The Morgan fingerprint density at radius 1 is 0.778 bits per heavy atom. The largest absolute Gasteiger partial charge is 0.493 e. The summed E-state index contributed by atoms with van der Waals surface area (Å²) in [7, 11) is 4.54. The molecule has 0 spiro atoms. The molecule has 0 saturated carbocycles. The monoisotopic (exact) mass is 495 g/mol. The Hall–Kier alpha value is -4.11. The van der Waals surface area contributed by atoms with Gasteiger partial charge in [-0.25, -0.2) is 4.79 Å². The highest BCUT2D eigenvalue weighted by Gasteiger charge is 2.20.